The lowest BCUT2D eigenvalue weighted by Gasteiger charge is -2.43. The Kier molecular flexibility index (Phi) is 11.3. The van der Waals surface area contributed by atoms with Gasteiger partial charge in [0.25, 0.3) is 0 Å². The minimum Gasteiger partial charge on any atom is -0.341 e. The zero-order valence-electron chi connectivity index (χ0n) is 41.6. The lowest BCUT2D eigenvalue weighted by atomic mass is 9.68. The predicted octanol–water partition coefficient (Wildman–Crippen LogP) is 16.0. The van der Waals surface area contributed by atoms with Gasteiger partial charge in [-0.05, 0) is 171 Å². The van der Waals surface area contributed by atoms with E-state index >= 15 is 0 Å². The summed E-state index contributed by atoms with van der Waals surface area (Å²) in [5.41, 5.74) is 24.8. The molecule has 2 atom stereocenters. The lowest BCUT2D eigenvalue weighted by molar-refractivity contribution is 0.627. The van der Waals surface area contributed by atoms with Crippen molar-refractivity contribution in [2.24, 2.45) is 11.8 Å². The molecular formula is C68H64N2. The van der Waals surface area contributed by atoms with Gasteiger partial charge in [0.2, 0.25) is 0 Å². The molecule has 6 aromatic carbocycles. The number of benzene rings is 6. The van der Waals surface area contributed by atoms with Crippen molar-refractivity contribution in [2.75, 3.05) is 16.3 Å². The van der Waals surface area contributed by atoms with Crippen LogP contribution in [0.4, 0.5) is 22.7 Å². The minimum absolute atomic E-state index is 0.0609. The van der Waals surface area contributed by atoms with Crippen LogP contribution >= 0.6 is 0 Å². The van der Waals surface area contributed by atoms with Gasteiger partial charge in [-0.15, -0.1) is 0 Å². The van der Waals surface area contributed by atoms with Gasteiger partial charge in [-0.2, -0.15) is 0 Å². The van der Waals surface area contributed by atoms with E-state index in [1.54, 1.807) is 0 Å². The molecule has 2 heteroatoms. The van der Waals surface area contributed by atoms with E-state index in [1.165, 1.54) is 118 Å². The predicted molar refractivity (Wildman–Crippen MR) is 297 cm³/mol. The fourth-order valence-electron chi connectivity index (χ4n) is 12.8. The van der Waals surface area contributed by atoms with Crippen molar-refractivity contribution in [1.82, 2.24) is 0 Å². The fraction of sp³-hybridized carbons (Fsp3) is 0.235. The van der Waals surface area contributed by atoms with Crippen LogP contribution in [-0.2, 0) is 11.8 Å². The largest absolute Gasteiger partial charge is 0.341 e. The first-order valence-corrected chi connectivity index (χ1v) is 26.0. The molecule has 4 aliphatic carbocycles. The molecule has 2 aliphatic heterocycles. The molecule has 6 aliphatic rings. The summed E-state index contributed by atoms with van der Waals surface area (Å²) in [5, 5.41) is 2.80. The first-order valence-electron chi connectivity index (χ1n) is 26.0. The SMILES string of the molecule is Cc1cc(N2CCCc3ccccc32)ccc1-c1ccc(/C=C/C2=CC=C(C3=c4ccccc4=C(C4=CC=C(N5c6ccccc6C(C)(C)c6ccccc65)CC4)C4C=CC=CC34)CC2)cc1C(C)C. The molecule has 12 rings (SSSR count). The molecule has 0 spiro atoms. The molecule has 0 N–H and O–H groups in total. The summed E-state index contributed by atoms with van der Waals surface area (Å²) in [6, 6.07) is 50.4. The van der Waals surface area contributed by atoms with Crippen molar-refractivity contribution in [1.29, 1.82) is 0 Å². The Balaban J connectivity index is 0.839. The molecule has 6 aromatic rings. The van der Waals surface area contributed by atoms with Crippen molar-refractivity contribution in [3.63, 3.8) is 0 Å². The molecule has 0 bridgehead atoms. The Morgan fingerprint density at radius 3 is 1.81 bits per heavy atom. The zero-order valence-corrected chi connectivity index (χ0v) is 41.6. The van der Waals surface area contributed by atoms with Crippen molar-refractivity contribution >= 4 is 40.0 Å². The number of anilines is 4. The number of fused-ring (bicyclic) bond motifs is 5. The molecular weight excluding hydrogens is 845 g/mol. The van der Waals surface area contributed by atoms with Crippen LogP contribution in [0.5, 0.6) is 0 Å². The number of hydrogen-bond donors (Lipinski definition) is 0. The topological polar surface area (TPSA) is 6.48 Å². The first kappa shape index (κ1) is 44.1. The normalized spacial score (nSPS) is 20.0. The van der Waals surface area contributed by atoms with Crippen LogP contribution in [0.25, 0.3) is 28.3 Å². The van der Waals surface area contributed by atoms with Crippen molar-refractivity contribution in [3.8, 4) is 11.1 Å². The van der Waals surface area contributed by atoms with Crippen LogP contribution in [0.15, 0.2) is 211 Å². The van der Waals surface area contributed by atoms with Gasteiger partial charge in [-0.1, -0.05) is 186 Å². The average Bonchev–Trinajstić information content (AvgIpc) is 3.40. The molecule has 0 amide bonds. The zero-order chi connectivity index (χ0) is 47.5. The molecule has 0 radical (unpaired) electrons. The highest BCUT2D eigenvalue weighted by Crippen LogP contribution is 2.52. The summed E-state index contributed by atoms with van der Waals surface area (Å²) in [4.78, 5) is 5.05. The highest BCUT2D eigenvalue weighted by Gasteiger charge is 2.38. The fourth-order valence-corrected chi connectivity index (χ4v) is 12.8. The summed E-state index contributed by atoms with van der Waals surface area (Å²) in [6.07, 6.45) is 30.3. The molecule has 0 saturated heterocycles. The van der Waals surface area contributed by atoms with E-state index in [9.17, 15) is 0 Å². The maximum absolute atomic E-state index is 2.54. The second-order valence-electron chi connectivity index (χ2n) is 21.2. The molecule has 346 valence electrons. The monoisotopic (exact) mass is 909 g/mol. The van der Waals surface area contributed by atoms with E-state index in [2.05, 4.69) is 239 Å². The van der Waals surface area contributed by atoms with E-state index in [0.29, 0.717) is 17.8 Å². The van der Waals surface area contributed by atoms with Gasteiger partial charge in [0.15, 0.2) is 0 Å². The maximum atomic E-state index is 2.54. The van der Waals surface area contributed by atoms with E-state index in [0.717, 1.165) is 38.6 Å². The Hall–Kier alpha value is -7.16. The smallest absolute Gasteiger partial charge is 0.0499 e. The van der Waals surface area contributed by atoms with Gasteiger partial charge in [0.1, 0.15) is 0 Å². The minimum atomic E-state index is -0.0609. The number of allylic oxidation sites excluding steroid dienone is 13. The summed E-state index contributed by atoms with van der Waals surface area (Å²) in [5.74, 6) is 1.00. The first-order chi connectivity index (χ1) is 34.2. The van der Waals surface area contributed by atoms with Crippen molar-refractivity contribution in [3.05, 3.63) is 254 Å². The quantitative estimate of drug-likeness (QED) is 0.150. The molecule has 70 heavy (non-hydrogen) atoms. The Bertz CT molecular complexity index is 3400. The van der Waals surface area contributed by atoms with Crippen LogP contribution in [0.3, 0.4) is 0 Å². The third kappa shape index (κ3) is 7.64. The molecule has 2 unspecified atom stereocenters. The molecule has 0 fully saturated rings. The van der Waals surface area contributed by atoms with Crippen LogP contribution < -0.4 is 20.2 Å². The summed E-state index contributed by atoms with van der Waals surface area (Å²) in [7, 11) is 0. The van der Waals surface area contributed by atoms with E-state index in [4.69, 9.17) is 0 Å². The van der Waals surface area contributed by atoms with Gasteiger partial charge < -0.3 is 9.80 Å². The van der Waals surface area contributed by atoms with Crippen molar-refractivity contribution < 1.29 is 0 Å². The summed E-state index contributed by atoms with van der Waals surface area (Å²) < 4.78 is 0. The molecule has 0 saturated carbocycles. The Morgan fingerprint density at radius 2 is 1.19 bits per heavy atom. The van der Waals surface area contributed by atoms with Gasteiger partial charge in [0, 0.05) is 52.2 Å². The van der Waals surface area contributed by atoms with E-state index in [-0.39, 0.29) is 5.41 Å². The second-order valence-corrected chi connectivity index (χ2v) is 21.2. The Morgan fingerprint density at radius 1 is 0.571 bits per heavy atom. The lowest BCUT2D eigenvalue weighted by Crippen LogP contribution is -2.41. The summed E-state index contributed by atoms with van der Waals surface area (Å²) >= 11 is 0. The van der Waals surface area contributed by atoms with Crippen LogP contribution in [0, 0.1) is 18.8 Å². The Labute approximate surface area is 416 Å². The van der Waals surface area contributed by atoms with Gasteiger partial charge in [-0.25, -0.2) is 0 Å². The van der Waals surface area contributed by atoms with Crippen LogP contribution in [0.1, 0.15) is 99.1 Å². The number of rotatable bonds is 8. The highest BCUT2D eigenvalue weighted by atomic mass is 15.2. The van der Waals surface area contributed by atoms with Gasteiger partial charge >= 0.3 is 0 Å². The van der Waals surface area contributed by atoms with E-state index < -0.39 is 0 Å². The third-order valence-corrected chi connectivity index (χ3v) is 16.3. The second kappa shape index (κ2) is 18.0. The van der Waals surface area contributed by atoms with Crippen LogP contribution in [0.2, 0.25) is 0 Å². The average molecular weight is 909 g/mol. The third-order valence-electron chi connectivity index (χ3n) is 16.3. The standard InChI is InChI=1S/C68H64N2/c1-45(2)60-44-48(32-40-55(60)54-41-39-53(43-46(54)3)69-42-16-18-49-17-6-13-25-63(49)69)29-28-47-30-33-50(34-31-47)66-56-19-7-9-21-58(56)67(59-22-10-8-20-57(59)66)51-35-37-52(38-36-51)70-64-26-14-11-23-61(64)68(4,5)62-24-12-15-27-65(62)70/h6-15,17,19-30,32-33,35,37,39-41,43-45,56,58H,16,18,31,34,36,38,42H2,1-5H3/b29-28+. The molecule has 2 nitrogen and oxygen atoms in total. The summed E-state index contributed by atoms with van der Waals surface area (Å²) in [6.45, 7) is 12.7. The molecule has 2 heterocycles. The van der Waals surface area contributed by atoms with E-state index in [1.807, 2.05) is 0 Å². The maximum Gasteiger partial charge on any atom is 0.0499 e. The number of hydrogen-bond acceptors (Lipinski definition) is 2. The number of aryl methyl sites for hydroxylation is 2. The van der Waals surface area contributed by atoms with Gasteiger partial charge in [-0.3, -0.25) is 0 Å². The number of nitrogens with zero attached hydrogens (tertiary/aromatic N) is 2. The van der Waals surface area contributed by atoms with Crippen molar-refractivity contribution in [2.45, 2.75) is 84.5 Å². The number of para-hydroxylation sites is 3. The highest BCUT2D eigenvalue weighted by molar-refractivity contribution is 5.84. The molecule has 0 aromatic heterocycles. The van der Waals surface area contributed by atoms with Crippen LogP contribution in [-0.4, -0.2) is 6.54 Å². The van der Waals surface area contributed by atoms with Gasteiger partial charge in [0.05, 0.1) is 0 Å².